The predicted octanol–water partition coefficient (Wildman–Crippen LogP) is 4.85. The first-order chi connectivity index (χ1) is 15.3. The Labute approximate surface area is 186 Å². The van der Waals surface area contributed by atoms with Gasteiger partial charge in [0, 0.05) is 29.8 Å². The molecule has 2 aromatic heterocycles. The summed E-state index contributed by atoms with van der Waals surface area (Å²) in [6.45, 7) is 3.85. The molecule has 1 atom stereocenters. The molecular formula is C25H28FN3O3. The molecule has 3 aromatic rings. The Morgan fingerprint density at radius 3 is 2.66 bits per heavy atom. The highest BCUT2D eigenvalue weighted by Crippen LogP contribution is 2.32. The van der Waals surface area contributed by atoms with Crippen LogP contribution in [0.4, 0.5) is 4.39 Å². The molecule has 7 heteroatoms. The summed E-state index contributed by atoms with van der Waals surface area (Å²) < 4.78 is 16.9. The van der Waals surface area contributed by atoms with Crippen molar-refractivity contribution in [1.82, 2.24) is 14.7 Å². The van der Waals surface area contributed by atoms with E-state index in [0.717, 1.165) is 37.0 Å². The third kappa shape index (κ3) is 4.52. The first kappa shape index (κ1) is 22.0. The summed E-state index contributed by atoms with van der Waals surface area (Å²) in [5.41, 5.74) is 2.02. The Balaban J connectivity index is 1.42. The smallest absolute Gasteiger partial charge is 0.303 e. The van der Waals surface area contributed by atoms with Crippen molar-refractivity contribution in [2.24, 2.45) is 11.8 Å². The minimum Gasteiger partial charge on any atom is -0.481 e. The average Bonchev–Trinajstić information content (AvgIpc) is 3.10. The zero-order valence-electron chi connectivity index (χ0n) is 18.3. The van der Waals surface area contributed by atoms with E-state index in [2.05, 4.69) is 10.3 Å². The van der Waals surface area contributed by atoms with Gasteiger partial charge in [-0.25, -0.2) is 9.37 Å². The molecule has 0 spiro atoms. The van der Waals surface area contributed by atoms with E-state index in [4.69, 9.17) is 5.11 Å². The predicted molar refractivity (Wildman–Crippen MR) is 120 cm³/mol. The summed E-state index contributed by atoms with van der Waals surface area (Å²) in [4.78, 5) is 28.2. The number of carboxylic acids is 1. The molecule has 168 valence electrons. The molecule has 4 rings (SSSR count). The van der Waals surface area contributed by atoms with Gasteiger partial charge in [0.1, 0.15) is 11.6 Å². The summed E-state index contributed by atoms with van der Waals surface area (Å²) >= 11 is 0. The number of aryl methyl sites for hydroxylation is 1. The molecule has 0 aliphatic heterocycles. The summed E-state index contributed by atoms with van der Waals surface area (Å²) in [6, 6.07) is 10.2. The molecule has 1 aliphatic rings. The van der Waals surface area contributed by atoms with Gasteiger partial charge in [-0.05, 0) is 74.8 Å². The quantitative estimate of drug-likeness (QED) is 0.578. The molecule has 0 saturated heterocycles. The molecule has 0 bridgehead atoms. The number of nitrogens with one attached hydrogen (secondary N) is 1. The summed E-state index contributed by atoms with van der Waals surface area (Å²) in [5, 5.41) is 12.0. The van der Waals surface area contributed by atoms with Gasteiger partial charge in [-0.1, -0.05) is 13.0 Å². The van der Waals surface area contributed by atoms with Crippen molar-refractivity contribution in [1.29, 1.82) is 0 Å². The standard InChI is InChI=1S/C25H28FN3O3/c1-15(13-23(30)31)17-6-9-19(10-7-17)28-25(32)18-8-11-20(21(26)14-18)24-22-5-3-4-12-29(22)16(2)27-24/h3-5,8,11-12,14-15,17,19H,6-7,9-10,13H2,1-2H3,(H,28,32)(H,30,31). The maximum Gasteiger partial charge on any atom is 0.303 e. The van der Waals surface area contributed by atoms with E-state index in [1.165, 1.54) is 6.07 Å². The van der Waals surface area contributed by atoms with Gasteiger partial charge in [0.2, 0.25) is 0 Å². The van der Waals surface area contributed by atoms with Gasteiger partial charge in [0.15, 0.2) is 0 Å². The van der Waals surface area contributed by atoms with Crippen molar-refractivity contribution < 1.29 is 19.1 Å². The lowest BCUT2D eigenvalue weighted by Crippen LogP contribution is -2.38. The number of hydrogen-bond donors (Lipinski definition) is 2. The van der Waals surface area contributed by atoms with Gasteiger partial charge >= 0.3 is 5.97 Å². The van der Waals surface area contributed by atoms with Crippen molar-refractivity contribution >= 4 is 17.4 Å². The Bertz CT molecular complexity index is 1150. The molecule has 0 radical (unpaired) electrons. The Kier molecular flexibility index (Phi) is 6.26. The molecule has 1 saturated carbocycles. The van der Waals surface area contributed by atoms with E-state index >= 15 is 0 Å². The third-order valence-corrected chi connectivity index (χ3v) is 6.62. The number of fused-ring (bicyclic) bond motifs is 1. The first-order valence-electron chi connectivity index (χ1n) is 11.1. The fourth-order valence-corrected chi connectivity index (χ4v) is 4.78. The van der Waals surface area contributed by atoms with Crippen molar-refractivity contribution in [3.63, 3.8) is 0 Å². The van der Waals surface area contributed by atoms with Crippen LogP contribution in [0.3, 0.4) is 0 Å². The average molecular weight is 438 g/mol. The number of amides is 1. The number of carbonyl (C=O) groups is 2. The van der Waals surface area contributed by atoms with Crippen LogP contribution in [0.25, 0.3) is 16.8 Å². The van der Waals surface area contributed by atoms with E-state index < -0.39 is 11.8 Å². The van der Waals surface area contributed by atoms with Crippen molar-refractivity contribution in [3.8, 4) is 11.3 Å². The second-order valence-corrected chi connectivity index (χ2v) is 8.82. The lowest BCUT2D eigenvalue weighted by molar-refractivity contribution is -0.138. The number of benzene rings is 1. The summed E-state index contributed by atoms with van der Waals surface area (Å²) in [7, 11) is 0. The third-order valence-electron chi connectivity index (χ3n) is 6.62. The maximum atomic E-state index is 15.0. The number of aromatic nitrogens is 2. The Morgan fingerprint density at radius 1 is 1.22 bits per heavy atom. The van der Waals surface area contributed by atoms with Crippen molar-refractivity contribution in [2.75, 3.05) is 0 Å². The minimum absolute atomic E-state index is 0.0262. The van der Waals surface area contributed by atoms with Gasteiger partial charge in [0.05, 0.1) is 11.2 Å². The molecule has 2 N–H and O–H groups in total. The lowest BCUT2D eigenvalue weighted by atomic mass is 9.77. The first-order valence-corrected chi connectivity index (χ1v) is 11.1. The SMILES string of the molecule is Cc1nc(-c2ccc(C(=O)NC3CCC(C(C)CC(=O)O)CC3)cc2F)c2ccccn12. The van der Waals surface area contributed by atoms with Gasteiger partial charge in [-0.3, -0.25) is 9.59 Å². The number of halogens is 1. The molecule has 1 amide bonds. The molecule has 1 aromatic carbocycles. The van der Waals surface area contributed by atoms with Crippen LogP contribution in [0.1, 0.15) is 55.2 Å². The fourth-order valence-electron chi connectivity index (χ4n) is 4.78. The van der Waals surface area contributed by atoms with E-state index in [1.807, 2.05) is 42.6 Å². The van der Waals surface area contributed by atoms with Crippen LogP contribution >= 0.6 is 0 Å². The minimum atomic E-state index is -0.767. The van der Waals surface area contributed by atoms with Crippen molar-refractivity contribution in [2.45, 2.75) is 52.0 Å². The molecule has 2 heterocycles. The van der Waals surface area contributed by atoms with E-state index in [1.54, 1.807) is 12.1 Å². The van der Waals surface area contributed by atoms with E-state index in [0.29, 0.717) is 17.2 Å². The molecule has 1 fully saturated rings. The van der Waals surface area contributed by atoms with Crippen molar-refractivity contribution in [3.05, 3.63) is 59.8 Å². The van der Waals surface area contributed by atoms with Crippen LogP contribution in [0.5, 0.6) is 0 Å². The largest absolute Gasteiger partial charge is 0.481 e. The van der Waals surface area contributed by atoms with Crippen LogP contribution in [0.2, 0.25) is 0 Å². The normalized spacial score (nSPS) is 19.6. The van der Waals surface area contributed by atoms with Crippen LogP contribution in [-0.4, -0.2) is 32.4 Å². The number of imidazole rings is 1. The van der Waals surface area contributed by atoms with E-state index in [-0.39, 0.29) is 29.9 Å². The highest BCUT2D eigenvalue weighted by molar-refractivity contribution is 5.95. The van der Waals surface area contributed by atoms with Gasteiger partial charge in [-0.15, -0.1) is 0 Å². The maximum absolute atomic E-state index is 15.0. The van der Waals surface area contributed by atoms with Gasteiger partial charge < -0.3 is 14.8 Å². The Morgan fingerprint density at radius 2 is 1.97 bits per heavy atom. The monoisotopic (exact) mass is 437 g/mol. The van der Waals surface area contributed by atoms with Crippen LogP contribution < -0.4 is 5.32 Å². The van der Waals surface area contributed by atoms with E-state index in [9.17, 15) is 14.0 Å². The number of hydrogen-bond acceptors (Lipinski definition) is 3. The number of pyridine rings is 1. The number of carbonyl (C=O) groups excluding carboxylic acids is 1. The summed E-state index contributed by atoms with van der Waals surface area (Å²) in [6.07, 6.45) is 5.46. The fraction of sp³-hybridized carbons (Fsp3) is 0.400. The number of rotatable bonds is 6. The molecule has 6 nitrogen and oxygen atoms in total. The second kappa shape index (κ2) is 9.10. The van der Waals surface area contributed by atoms with Crippen LogP contribution in [0.15, 0.2) is 42.6 Å². The highest BCUT2D eigenvalue weighted by atomic mass is 19.1. The van der Waals surface area contributed by atoms with Crippen LogP contribution in [-0.2, 0) is 4.79 Å². The van der Waals surface area contributed by atoms with Gasteiger partial charge in [0.25, 0.3) is 5.91 Å². The molecule has 32 heavy (non-hydrogen) atoms. The number of aliphatic carboxylic acids is 1. The lowest BCUT2D eigenvalue weighted by Gasteiger charge is -2.32. The Hall–Kier alpha value is -3.22. The zero-order valence-corrected chi connectivity index (χ0v) is 18.3. The molecular weight excluding hydrogens is 409 g/mol. The topological polar surface area (TPSA) is 83.7 Å². The summed E-state index contributed by atoms with van der Waals surface area (Å²) in [5.74, 6) is -0.268. The molecule has 1 unspecified atom stereocenters. The zero-order chi connectivity index (χ0) is 22.8. The second-order valence-electron chi connectivity index (χ2n) is 8.82. The molecule has 1 aliphatic carbocycles. The number of nitrogens with zero attached hydrogens (tertiary/aromatic N) is 2. The highest BCUT2D eigenvalue weighted by Gasteiger charge is 2.27. The van der Waals surface area contributed by atoms with Gasteiger partial charge in [-0.2, -0.15) is 0 Å². The number of carboxylic acid groups (broad SMARTS) is 1. The van der Waals surface area contributed by atoms with Crippen LogP contribution in [0, 0.1) is 24.6 Å².